The fourth-order valence-electron chi connectivity index (χ4n) is 8.63. The molecule has 0 saturated carbocycles. The number of terminal acetylenes is 1. The molecule has 0 radical (unpaired) electrons. The summed E-state index contributed by atoms with van der Waals surface area (Å²) in [7, 11) is 1.28. The number of aromatic hydroxyl groups is 1. The molecule has 2 bridgehead atoms. The van der Waals surface area contributed by atoms with E-state index in [2.05, 4.69) is 21.1 Å². The lowest BCUT2D eigenvalue weighted by Gasteiger charge is -2.35. The van der Waals surface area contributed by atoms with Crippen molar-refractivity contribution < 1.29 is 37.3 Å². The van der Waals surface area contributed by atoms with Crippen LogP contribution in [-0.2, 0) is 9.53 Å². The molecule has 4 aromatic rings. The van der Waals surface area contributed by atoms with E-state index >= 15 is 8.78 Å². The molecular weight excluding hydrogens is 689 g/mol. The summed E-state index contributed by atoms with van der Waals surface area (Å²) < 4.78 is 64.9. The third-order valence-corrected chi connectivity index (χ3v) is 11.2. The molecule has 2 aromatic carbocycles. The third-order valence-electron chi connectivity index (χ3n) is 11.2. The van der Waals surface area contributed by atoms with Gasteiger partial charge in [-0.2, -0.15) is 9.97 Å². The lowest BCUT2D eigenvalue weighted by Crippen LogP contribution is -2.51. The summed E-state index contributed by atoms with van der Waals surface area (Å²) in [6.45, 7) is 5.40. The normalized spacial score (nSPS) is 24.1. The number of carbonyl (C=O) groups excluding carboxylic acids is 1. The van der Waals surface area contributed by atoms with Gasteiger partial charge < -0.3 is 29.5 Å². The van der Waals surface area contributed by atoms with Gasteiger partial charge in [0.05, 0.1) is 23.6 Å². The van der Waals surface area contributed by atoms with Crippen molar-refractivity contribution >= 4 is 33.5 Å². The van der Waals surface area contributed by atoms with Gasteiger partial charge >= 0.3 is 12.0 Å². The Morgan fingerprint density at radius 2 is 1.89 bits per heavy atom. The molecule has 4 aliphatic heterocycles. The topological polar surface area (TPSA) is 122 Å². The number of piperazine rings is 1. The lowest BCUT2D eigenvalue weighted by molar-refractivity contribution is -0.152. The van der Waals surface area contributed by atoms with Crippen molar-refractivity contribution in [2.45, 2.75) is 69.7 Å². The molecule has 0 spiro atoms. The largest absolute Gasteiger partial charge is 0.508 e. The quantitative estimate of drug-likeness (QED) is 0.173. The van der Waals surface area contributed by atoms with Gasteiger partial charge in [-0.15, -0.1) is 6.42 Å². The predicted molar refractivity (Wildman–Crippen MR) is 192 cm³/mol. The second kappa shape index (κ2) is 13.2. The fourth-order valence-corrected chi connectivity index (χ4v) is 8.63. The number of phenolic OH excluding ortho intramolecular Hbond substituents is 1. The van der Waals surface area contributed by atoms with E-state index in [0.717, 1.165) is 32.2 Å². The number of esters is 1. The highest BCUT2D eigenvalue weighted by Gasteiger charge is 2.49. The first-order chi connectivity index (χ1) is 25.4. The number of methoxy groups -OCH3 is 1. The number of hydrogen-bond donors (Lipinski definition) is 2. The molecule has 4 fully saturated rings. The minimum Gasteiger partial charge on any atom is -0.508 e. The number of anilines is 1. The monoisotopic (exact) mass is 730 g/mol. The van der Waals surface area contributed by atoms with Crippen molar-refractivity contribution in [3.63, 3.8) is 0 Å². The average Bonchev–Trinajstić information content (AvgIpc) is 3.79. The molecule has 2 N–H and O–H groups in total. The van der Waals surface area contributed by atoms with Crippen LogP contribution in [0.25, 0.3) is 32.9 Å². The van der Waals surface area contributed by atoms with Gasteiger partial charge in [-0.1, -0.05) is 12.0 Å². The van der Waals surface area contributed by atoms with Crippen molar-refractivity contribution in [2.24, 2.45) is 5.41 Å². The molecule has 4 atom stereocenters. The minimum absolute atomic E-state index is 0.00667. The molecule has 2 aromatic heterocycles. The SMILES string of the molecule is C#Cc1c(F)ccc2cc(O)cc(-c3nc(OCC(C)(C)C(=O)OC)c4c(N5CC6CCC(C5)N6)nc(OC[C@@]56CCCN5C[C@H](F)C6)nc4c3F)c12. The summed E-state index contributed by atoms with van der Waals surface area (Å²) in [4.78, 5) is 31.1. The Labute approximate surface area is 304 Å². The summed E-state index contributed by atoms with van der Waals surface area (Å²) in [5.41, 5.74) is -2.31. The summed E-state index contributed by atoms with van der Waals surface area (Å²) in [5.74, 6) is 0.224. The molecule has 0 amide bonds. The lowest BCUT2D eigenvalue weighted by atomic mass is 9.95. The molecule has 14 heteroatoms. The van der Waals surface area contributed by atoms with Crippen LogP contribution in [-0.4, -0.2) is 101 Å². The maximum atomic E-state index is 17.4. The smallest absolute Gasteiger partial charge is 0.319 e. The van der Waals surface area contributed by atoms with Crippen LogP contribution in [0.3, 0.4) is 0 Å². The van der Waals surface area contributed by atoms with Crippen LogP contribution in [0.5, 0.6) is 17.6 Å². The zero-order valence-corrected chi connectivity index (χ0v) is 29.8. The average molecular weight is 731 g/mol. The van der Waals surface area contributed by atoms with E-state index < -0.39 is 34.7 Å². The molecular formula is C39H41F3N6O5. The van der Waals surface area contributed by atoms with E-state index in [1.54, 1.807) is 13.8 Å². The molecule has 11 nitrogen and oxygen atoms in total. The third kappa shape index (κ3) is 6.13. The first-order valence-electron chi connectivity index (χ1n) is 18.0. The number of rotatable bonds is 9. The van der Waals surface area contributed by atoms with Crippen molar-refractivity contribution in [3.05, 3.63) is 41.5 Å². The zero-order chi connectivity index (χ0) is 37.2. The zero-order valence-electron chi connectivity index (χ0n) is 29.8. The van der Waals surface area contributed by atoms with Gasteiger partial charge in [0.2, 0.25) is 5.88 Å². The van der Waals surface area contributed by atoms with Crippen molar-refractivity contribution in [1.29, 1.82) is 0 Å². The van der Waals surface area contributed by atoms with Gasteiger partial charge in [0.25, 0.3) is 0 Å². The van der Waals surface area contributed by atoms with Gasteiger partial charge in [-0.05, 0) is 69.7 Å². The van der Waals surface area contributed by atoms with Crippen LogP contribution in [0, 0.1) is 29.4 Å². The number of aromatic nitrogens is 3. The van der Waals surface area contributed by atoms with E-state index in [-0.39, 0.29) is 76.0 Å². The van der Waals surface area contributed by atoms with Gasteiger partial charge in [0.1, 0.15) is 53.4 Å². The highest BCUT2D eigenvalue weighted by atomic mass is 19.1. The van der Waals surface area contributed by atoms with E-state index in [1.807, 2.05) is 4.90 Å². The molecule has 8 rings (SSSR count). The molecule has 4 saturated heterocycles. The number of nitrogens with zero attached hydrogens (tertiary/aromatic N) is 5. The van der Waals surface area contributed by atoms with Crippen molar-refractivity contribution in [2.75, 3.05) is 51.4 Å². The summed E-state index contributed by atoms with van der Waals surface area (Å²) in [5, 5.41) is 15.1. The van der Waals surface area contributed by atoms with Crippen LogP contribution in [0.4, 0.5) is 19.0 Å². The summed E-state index contributed by atoms with van der Waals surface area (Å²) >= 11 is 0. The van der Waals surface area contributed by atoms with Gasteiger partial charge in [0.15, 0.2) is 5.82 Å². The highest BCUT2D eigenvalue weighted by Crippen LogP contribution is 2.44. The second-order valence-electron chi connectivity index (χ2n) is 15.4. The van der Waals surface area contributed by atoms with Crippen LogP contribution < -0.4 is 19.7 Å². The molecule has 2 unspecified atom stereocenters. The standard InChI is InChI=1S/C39H41F3N6O5/c1-5-26-28(41)10-7-21-13-25(49)14-27(29(21)26)32-31(42)33-30(35(44-32)52-19-38(2,3)36(50)51-4)34(47-17-23-8-9-24(18-47)43-23)46-37(45-33)53-20-39-11-6-12-48(39)16-22(40)15-39/h1,7,10,13-14,22-24,43,49H,6,8-9,11-12,15-20H2,2-4H3/t22-,23?,24?,39+/m1/s1. The highest BCUT2D eigenvalue weighted by molar-refractivity contribution is 6.04. The Hall–Kier alpha value is -4.87. The Bertz CT molecular complexity index is 2170. The van der Waals surface area contributed by atoms with Crippen molar-refractivity contribution in [1.82, 2.24) is 25.2 Å². The first kappa shape index (κ1) is 35.2. The number of alkyl halides is 1. The maximum absolute atomic E-state index is 17.4. The van der Waals surface area contributed by atoms with E-state index in [0.29, 0.717) is 37.3 Å². The Kier molecular flexibility index (Phi) is 8.77. The molecule has 4 aliphatic rings. The molecule has 53 heavy (non-hydrogen) atoms. The number of carbonyl (C=O) groups is 1. The van der Waals surface area contributed by atoms with Gasteiger partial charge in [-0.25, -0.2) is 18.2 Å². The second-order valence-corrected chi connectivity index (χ2v) is 15.4. The van der Waals surface area contributed by atoms with Crippen molar-refractivity contribution in [3.8, 4) is 41.2 Å². The van der Waals surface area contributed by atoms with E-state index in [4.69, 9.17) is 30.6 Å². The van der Waals surface area contributed by atoms with E-state index in [9.17, 15) is 14.3 Å². The minimum atomic E-state index is -1.14. The number of halogens is 3. The molecule has 0 aliphatic carbocycles. The number of nitrogens with one attached hydrogen (secondary N) is 1. The molecule has 278 valence electrons. The first-order valence-corrected chi connectivity index (χ1v) is 18.0. The van der Waals surface area contributed by atoms with Crippen LogP contribution in [0.1, 0.15) is 51.5 Å². The molecule has 6 heterocycles. The number of ether oxygens (including phenoxy) is 3. The van der Waals surface area contributed by atoms with Gasteiger partial charge in [0, 0.05) is 49.1 Å². The van der Waals surface area contributed by atoms with Crippen LogP contribution >= 0.6 is 0 Å². The number of benzene rings is 2. The summed E-state index contributed by atoms with van der Waals surface area (Å²) in [6.07, 6.45) is 8.70. The number of fused-ring (bicyclic) bond motifs is 5. The Morgan fingerprint density at radius 3 is 2.62 bits per heavy atom. The van der Waals surface area contributed by atoms with Gasteiger partial charge in [-0.3, -0.25) is 9.69 Å². The Morgan fingerprint density at radius 1 is 1.11 bits per heavy atom. The number of phenols is 1. The maximum Gasteiger partial charge on any atom is 0.319 e. The Balaban J connectivity index is 1.35. The summed E-state index contributed by atoms with van der Waals surface area (Å²) in [6, 6.07) is 5.51. The fraction of sp³-hybridized carbons (Fsp3) is 0.487. The van der Waals surface area contributed by atoms with Crippen LogP contribution in [0.15, 0.2) is 24.3 Å². The van der Waals surface area contributed by atoms with E-state index in [1.165, 1.54) is 31.4 Å². The predicted octanol–water partition coefficient (Wildman–Crippen LogP) is 5.28. The van der Waals surface area contributed by atoms with Crippen LogP contribution in [0.2, 0.25) is 0 Å². The number of hydrogen-bond acceptors (Lipinski definition) is 11. The number of pyridine rings is 1.